The maximum Gasteiger partial charge on any atom is 0.319 e. The number of esters is 1. The van der Waals surface area contributed by atoms with E-state index in [1.54, 1.807) is 23.0 Å². The summed E-state index contributed by atoms with van der Waals surface area (Å²) in [5.41, 5.74) is 0.0777. The van der Waals surface area contributed by atoms with Crippen molar-refractivity contribution in [2.24, 2.45) is 0 Å². The van der Waals surface area contributed by atoms with Crippen molar-refractivity contribution in [3.63, 3.8) is 0 Å². The lowest BCUT2D eigenvalue weighted by Crippen LogP contribution is -2.45. The van der Waals surface area contributed by atoms with E-state index in [0.717, 1.165) is 19.3 Å². The average Bonchev–Trinajstić information content (AvgIpc) is 2.73. The Balaban J connectivity index is 2.09. The van der Waals surface area contributed by atoms with Crippen LogP contribution in [0.4, 0.5) is 0 Å². The van der Waals surface area contributed by atoms with E-state index in [-0.39, 0.29) is 5.97 Å². The van der Waals surface area contributed by atoms with E-state index >= 15 is 0 Å². The number of fused-ring (bicyclic) bond motifs is 1. The Hall–Kier alpha value is -1.98. The number of carbonyl (C=O) groups excluding carboxylic acids is 1. The van der Waals surface area contributed by atoms with E-state index in [9.17, 15) is 4.79 Å². The van der Waals surface area contributed by atoms with Crippen LogP contribution in [0.2, 0.25) is 0 Å². The number of carbonyl (C=O) groups is 1. The van der Waals surface area contributed by atoms with E-state index in [2.05, 4.69) is 15.2 Å². The summed E-state index contributed by atoms with van der Waals surface area (Å²) in [6.07, 6.45) is 5.84. The van der Waals surface area contributed by atoms with E-state index in [0.29, 0.717) is 18.1 Å². The SMILES string of the molecule is CCOC(=O)C1(c2nnc3ccncn23)CCC1. The molecule has 1 fully saturated rings. The molecule has 0 saturated heterocycles. The van der Waals surface area contributed by atoms with Gasteiger partial charge in [0.2, 0.25) is 0 Å². The lowest BCUT2D eigenvalue weighted by molar-refractivity contribution is -0.154. The van der Waals surface area contributed by atoms with Crippen LogP contribution in [0.3, 0.4) is 0 Å². The predicted molar refractivity (Wildman–Crippen MR) is 62.9 cm³/mol. The van der Waals surface area contributed by atoms with Crippen LogP contribution in [0.5, 0.6) is 0 Å². The minimum absolute atomic E-state index is 0.200. The molecule has 0 aromatic carbocycles. The van der Waals surface area contributed by atoms with Crippen molar-refractivity contribution in [2.45, 2.75) is 31.6 Å². The van der Waals surface area contributed by atoms with Gasteiger partial charge in [-0.1, -0.05) is 6.42 Å². The highest BCUT2D eigenvalue weighted by Crippen LogP contribution is 2.43. The second kappa shape index (κ2) is 4.04. The molecule has 2 aromatic heterocycles. The average molecular weight is 246 g/mol. The molecule has 1 saturated carbocycles. The van der Waals surface area contributed by atoms with Gasteiger partial charge in [0.25, 0.3) is 0 Å². The summed E-state index contributed by atoms with van der Waals surface area (Å²) in [4.78, 5) is 16.2. The molecule has 94 valence electrons. The summed E-state index contributed by atoms with van der Waals surface area (Å²) >= 11 is 0. The van der Waals surface area contributed by atoms with Gasteiger partial charge in [0.05, 0.1) is 6.61 Å². The van der Waals surface area contributed by atoms with Crippen molar-refractivity contribution in [1.82, 2.24) is 19.6 Å². The van der Waals surface area contributed by atoms with Crippen molar-refractivity contribution in [2.75, 3.05) is 6.61 Å². The van der Waals surface area contributed by atoms with Gasteiger partial charge in [-0.25, -0.2) is 4.98 Å². The molecule has 1 aliphatic rings. The van der Waals surface area contributed by atoms with Gasteiger partial charge < -0.3 is 4.74 Å². The third-order valence-corrected chi connectivity index (χ3v) is 3.52. The van der Waals surface area contributed by atoms with Crippen LogP contribution in [0.25, 0.3) is 5.65 Å². The lowest BCUT2D eigenvalue weighted by atomic mass is 9.68. The number of nitrogens with zero attached hydrogens (tertiary/aromatic N) is 4. The van der Waals surface area contributed by atoms with Gasteiger partial charge >= 0.3 is 5.97 Å². The standard InChI is InChI=1S/C12H14N4O2/c1-2-18-11(17)12(5-3-6-12)10-15-14-9-4-7-13-8-16(9)10/h4,7-8H,2-3,5-6H2,1H3. The summed E-state index contributed by atoms with van der Waals surface area (Å²) in [5.74, 6) is 0.449. The number of rotatable bonds is 3. The van der Waals surface area contributed by atoms with Crippen LogP contribution in [0.15, 0.2) is 18.6 Å². The Morgan fingerprint density at radius 3 is 3.00 bits per heavy atom. The molecule has 18 heavy (non-hydrogen) atoms. The molecule has 6 nitrogen and oxygen atoms in total. The van der Waals surface area contributed by atoms with Crippen LogP contribution in [0.1, 0.15) is 32.0 Å². The molecule has 0 bridgehead atoms. The van der Waals surface area contributed by atoms with E-state index in [4.69, 9.17) is 4.74 Å². The molecule has 6 heteroatoms. The second-order valence-corrected chi connectivity index (χ2v) is 4.49. The highest BCUT2D eigenvalue weighted by atomic mass is 16.5. The Morgan fingerprint density at radius 1 is 1.50 bits per heavy atom. The summed E-state index contributed by atoms with van der Waals surface area (Å²) in [7, 11) is 0. The van der Waals surface area contributed by atoms with Gasteiger partial charge in [-0.2, -0.15) is 0 Å². The molecule has 0 spiro atoms. The van der Waals surface area contributed by atoms with Crippen LogP contribution in [-0.2, 0) is 14.9 Å². The van der Waals surface area contributed by atoms with Gasteiger partial charge in [-0.05, 0) is 19.8 Å². The van der Waals surface area contributed by atoms with Gasteiger partial charge in [0.15, 0.2) is 11.5 Å². The molecule has 0 amide bonds. The van der Waals surface area contributed by atoms with E-state index in [1.165, 1.54) is 0 Å². The fourth-order valence-electron chi connectivity index (χ4n) is 2.39. The number of aromatic nitrogens is 4. The van der Waals surface area contributed by atoms with Crippen LogP contribution in [-0.4, -0.2) is 32.2 Å². The zero-order valence-corrected chi connectivity index (χ0v) is 10.2. The minimum atomic E-state index is -0.627. The molecule has 2 aromatic rings. The molecule has 2 heterocycles. The first-order valence-electron chi connectivity index (χ1n) is 6.10. The van der Waals surface area contributed by atoms with Gasteiger partial charge in [0.1, 0.15) is 11.7 Å². The van der Waals surface area contributed by atoms with Crippen LogP contribution < -0.4 is 0 Å². The van der Waals surface area contributed by atoms with Crippen molar-refractivity contribution in [3.05, 3.63) is 24.4 Å². The first-order valence-corrected chi connectivity index (χ1v) is 6.10. The van der Waals surface area contributed by atoms with Crippen molar-refractivity contribution in [1.29, 1.82) is 0 Å². The van der Waals surface area contributed by atoms with E-state index < -0.39 is 5.41 Å². The molecular weight excluding hydrogens is 232 g/mol. The van der Waals surface area contributed by atoms with Crippen LogP contribution >= 0.6 is 0 Å². The maximum absolute atomic E-state index is 12.2. The monoisotopic (exact) mass is 246 g/mol. The molecule has 0 unspecified atom stereocenters. The van der Waals surface area contributed by atoms with Crippen LogP contribution in [0, 0.1) is 0 Å². The normalized spacial score (nSPS) is 17.4. The quantitative estimate of drug-likeness (QED) is 0.759. The van der Waals surface area contributed by atoms with Gasteiger partial charge in [-0.15, -0.1) is 10.2 Å². The van der Waals surface area contributed by atoms with Gasteiger partial charge in [-0.3, -0.25) is 9.20 Å². The van der Waals surface area contributed by atoms with Crippen molar-refractivity contribution < 1.29 is 9.53 Å². The summed E-state index contributed by atoms with van der Waals surface area (Å²) in [6, 6.07) is 1.77. The molecule has 3 rings (SSSR count). The second-order valence-electron chi connectivity index (χ2n) is 4.49. The third kappa shape index (κ3) is 1.41. The van der Waals surface area contributed by atoms with Crippen molar-refractivity contribution in [3.8, 4) is 0 Å². The Labute approximate surface area is 104 Å². The number of hydrogen-bond acceptors (Lipinski definition) is 5. The van der Waals surface area contributed by atoms with E-state index in [1.807, 2.05) is 6.92 Å². The Morgan fingerprint density at radius 2 is 2.33 bits per heavy atom. The molecule has 0 aliphatic heterocycles. The summed E-state index contributed by atoms with van der Waals surface area (Å²) in [5, 5.41) is 8.24. The highest BCUT2D eigenvalue weighted by molar-refractivity contribution is 5.83. The molecule has 1 aliphatic carbocycles. The fourth-order valence-corrected chi connectivity index (χ4v) is 2.39. The Bertz CT molecular complexity index is 589. The highest BCUT2D eigenvalue weighted by Gasteiger charge is 2.50. The first kappa shape index (κ1) is 11.1. The zero-order chi connectivity index (χ0) is 12.6. The molecule has 0 radical (unpaired) electrons. The minimum Gasteiger partial charge on any atom is -0.465 e. The topological polar surface area (TPSA) is 69.4 Å². The molecular formula is C12H14N4O2. The van der Waals surface area contributed by atoms with Crippen molar-refractivity contribution >= 4 is 11.6 Å². The smallest absolute Gasteiger partial charge is 0.319 e. The number of ether oxygens (including phenoxy) is 1. The third-order valence-electron chi connectivity index (χ3n) is 3.52. The maximum atomic E-state index is 12.2. The molecule has 0 N–H and O–H groups in total. The summed E-state index contributed by atoms with van der Waals surface area (Å²) < 4.78 is 6.96. The predicted octanol–water partition coefficient (Wildman–Crippen LogP) is 1.11. The summed E-state index contributed by atoms with van der Waals surface area (Å²) in [6.45, 7) is 2.20. The van der Waals surface area contributed by atoms with Gasteiger partial charge in [0, 0.05) is 12.3 Å². The molecule has 0 atom stereocenters. The fraction of sp³-hybridized carbons (Fsp3) is 0.500. The lowest BCUT2D eigenvalue weighted by Gasteiger charge is -2.37. The largest absolute Gasteiger partial charge is 0.465 e. The zero-order valence-electron chi connectivity index (χ0n) is 10.2. The number of hydrogen-bond donors (Lipinski definition) is 0. The Kier molecular flexibility index (Phi) is 2.50. The first-order chi connectivity index (χ1) is 8.78.